The zero-order chi connectivity index (χ0) is 9.56. The van der Waals surface area contributed by atoms with Gasteiger partial charge in [-0.3, -0.25) is 9.63 Å². The van der Waals surface area contributed by atoms with Gasteiger partial charge in [0, 0.05) is 7.05 Å². The van der Waals surface area contributed by atoms with Crippen molar-refractivity contribution >= 4 is 17.7 Å². The van der Waals surface area contributed by atoms with E-state index in [0.29, 0.717) is 6.42 Å². The lowest BCUT2D eigenvalue weighted by Crippen LogP contribution is -2.41. The minimum Gasteiger partial charge on any atom is -0.320 e. The standard InChI is InChI=1S/C7H16N2O2S/c1-9(11-2)7(10)6(8)4-5-12-3/h6H,4-5,8H2,1-3H3/t6-/m0/s1. The number of carbonyl (C=O) groups excluding carboxylic acids is 1. The predicted octanol–water partition coefficient (Wildman–Crippen LogP) is 0.0866. The van der Waals surface area contributed by atoms with Crippen molar-refractivity contribution in [3.05, 3.63) is 0 Å². The van der Waals surface area contributed by atoms with Crippen LogP contribution in [0.2, 0.25) is 0 Å². The first-order chi connectivity index (χ1) is 5.63. The van der Waals surface area contributed by atoms with Crippen LogP contribution in [0.3, 0.4) is 0 Å². The Morgan fingerprint density at radius 3 is 2.75 bits per heavy atom. The molecule has 0 rings (SSSR count). The third kappa shape index (κ3) is 3.94. The quantitative estimate of drug-likeness (QED) is 0.627. The molecule has 5 heteroatoms. The molecule has 0 aromatic rings. The fourth-order valence-electron chi connectivity index (χ4n) is 0.692. The Morgan fingerprint density at radius 1 is 1.75 bits per heavy atom. The third-order valence-corrected chi connectivity index (χ3v) is 2.18. The molecule has 1 amide bonds. The number of likely N-dealkylation sites (N-methyl/N-ethyl adjacent to an activating group) is 1. The van der Waals surface area contributed by atoms with Gasteiger partial charge in [0.1, 0.15) is 0 Å². The zero-order valence-electron chi connectivity index (χ0n) is 7.74. The summed E-state index contributed by atoms with van der Waals surface area (Å²) in [6.45, 7) is 0. The first kappa shape index (κ1) is 11.7. The summed E-state index contributed by atoms with van der Waals surface area (Å²) in [4.78, 5) is 16.0. The Hall–Kier alpha value is -0.260. The highest BCUT2D eigenvalue weighted by Gasteiger charge is 2.16. The maximum atomic E-state index is 11.2. The number of hydroxylamine groups is 2. The van der Waals surface area contributed by atoms with E-state index in [0.717, 1.165) is 10.8 Å². The average molecular weight is 192 g/mol. The van der Waals surface area contributed by atoms with Crippen molar-refractivity contribution in [2.45, 2.75) is 12.5 Å². The minimum atomic E-state index is -0.442. The van der Waals surface area contributed by atoms with E-state index in [1.54, 1.807) is 18.8 Å². The van der Waals surface area contributed by atoms with Gasteiger partial charge in [-0.2, -0.15) is 11.8 Å². The SMILES string of the molecule is CON(C)C(=O)[C@@H](N)CCSC. The van der Waals surface area contributed by atoms with Gasteiger partial charge < -0.3 is 5.73 Å². The van der Waals surface area contributed by atoms with Gasteiger partial charge in [0.25, 0.3) is 5.91 Å². The number of hydrogen-bond donors (Lipinski definition) is 1. The molecular weight excluding hydrogens is 176 g/mol. The Kier molecular flexibility index (Phi) is 6.14. The van der Waals surface area contributed by atoms with Crippen LogP contribution in [0.5, 0.6) is 0 Å². The first-order valence-electron chi connectivity index (χ1n) is 3.69. The van der Waals surface area contributed by atoms with Crippen molar-refractivity contribution in [2.24, 2.45) is 5.73 Å². The molecule has 0 aliphatic rings. The molecule has 0 aliphatic carbocycles. The maximum absolute atomic E-state index is 11.2. The van der Waals surface area contributed by atoms with Crippen LogP contribution in [0.4, 0.5) is 0 Å². The number of rotatable bonds is 5. The lowest BCUT2D eigenvalue weighted by molar-refractivity contribution is -0.170. The van der Waals surface area contributed by atoms with E-state index >= 15 is 0 Å². The summed E-state index contributed by atoms with van der Waals surface area (Å²) in [5.74, 6) is 0.719. The van der Waals surface area contributed by atoms with Gasteiger partial charge in [-0.25, -0.2) is 5.06 Å². The van der Waals surface area contributed by atoms with Crippen molar-refractivity contribution in [1.29, 1.82) is 0 Å². The summed E-state index contributed by atoms with van der Waals surface area (Å²) in [5, 5.41) is 1.16. The Morgan fingerprint density at radius 2 is 2.33 bits per heavy atom. The van der Waals surface area contributed by atoms with E-state index in [-0.39, 0.29) is 5.91 Å². The Balaban J connectivity index is 3.75. The molecule has 1 atom stereocenters. The van der Waals surface area contributed by atoms with Crippen molar-refractivity contribution < 1.29 is 9.63 Å². The highest BCUT2D eigenvalue weighted by molar-refractivity contribution is 7.98. The molecule has 0 spiro atoms. The van der Waals surface area contributed by atoms with Crippen LogP contribution in [0.25, 0.3) is 0 Å². The summed E-state index contributed by atoms with van der Waals surface area (Å²) < 4.78 is 0. The number of thioether (sulfide) groups is 1. The maximum Gasteiger partial charge on any atom is 0.262 e. The summed E-state index contributed by atoms with van der Waals surface area (Å²) in [5.41, 5.74) is 5.60. The molecule has 0 aromatic heterocycles. The fourth-order valence-corrected chi connectivity index (χ4v) is 1.18. The summed E-state index contributed by atoms with van der Waals surface area (Å²) in [6, 6.07) is -0.442. The number of carbonyl (C=O) groups is 1. The van der Waals surface area contributed by atoms with Crippen LogP contribution in [0, 0.1) is 0 Å². The van der Waals surface area contributed by atoms with Crippen LogP contribution in [0.1, 0.15) is 6.42 Å². The summed E-state index contributed by atoms with van der Waals surface area (Å²) in [6.07, 6.45) is 2.67. The molecule has 0 saturated heterocycles. The number of amides is 1. The molecule has 0 radical (unpaired) electrons. The predicted molar refractivity (Wildman–Crippen MR) is 50.8 cm³/mol. The minimum absolute atomic E-state index is 0.174. The number of nitrogens with zero attached hydrogens (tertiary/aromatic N) is 1. The zero-order valence-corrected chi connectivity index (χ0v) is 8.56. The molecule has 0 aromatic carbocycles. The summed E-state index contributed by atoms with van der Waals surface area (Å²) >= 11 is 1.68. The van der Waals surface area contributed by atoms with Crippen LogP contribution in [-0.4, -0.2) is 43.2 Å². The van der Waals surface area contributed by atoms with Crippen LogP contribution < -0.4 is 5.73 Å². The second-order valence-electron chi connectivity index (χ2n) is 2.41. The van der Waals surface area contributed by atoms with Crippen molar-refractivity contribution in [3.63, 3.8) is 0 Å². The molecule has 2 N–H and O–H groups in total. The lowest BCUT2D eigenvalue weighted by atomic mass is 10.2. The van der Waals surface area contributed by atoms with Crippen LogP contribution >= 0.6 is 11.8 Å². The molecule has 0 aliphatic heterocycles. The van der Waals surface area contributed by atoms with Crippen LogP contribution in [0.15, 0.2) is 0 Å². The topological polar surface area (TPSA) is 55.6 Å². The van der Waals surface area contributed by atoms with Gasteiger partial charge in [0.2, 0.25) is 0 Å². The second kappa shape index (κ2) is 6.28. The van der Waals surface area contributed by atoms with E-state index in [4.69, 9.17) is 10.6 Å². The highest BCUT2D eigenvalue weighted by Crippen LogP contribution is 2.01. The van der Waals surface area contributed by atoms with Gasteiger partial charge in [0.05, 0.1) is 13.2 Å². The molecular formula is C7H16N2O2S. The number of nitrogens with two attached hydrogens (primary N) is 1. The molecule has 0 bridgehead atoms. The van der Waals surface area contributed by atoms with Crippen molar-refractivity contribution in [2.75, 3.05) is 26.2 Å². The van der Waals surface area contributed by atoms with E-state index < -0.39 is 6.04 Å². The van der Waals surface area contributed by atoms with Gasteiger partial charge in [0.15, 0.2) is 0 Å². The molecule has 0 saturated carbocycles. The third-order valence-electron chi connectivity index (χ3n) is 1.53. The summed E-state index contributed by atoms with van der Waals surface area (Å²) in [7, 11) is 3.00. The molecule has 72 valence electrons. The van der Waals surface area contributed by atoms with Crippen molar-refractivity contribution in [3.8, 4) is 0 Å². The smallest absolute Gasteiger partial charge is 0.262 e. The normalized spacial score (nSPS) is 12.7. The molecule has 0 fully saturated rings. The van der Waals surface area contributed by atoms with Gasteiger partial charge in [-0.05, 0) is 18.4 Å². The largest absolute Gasteiger partial charge is 0.320 e. The average Bonchev–Trinajstić information content (AvgIpc) is 2.11. The molecule has 0 unspecified atom stereocenters. The number of hydrogen-bond acceptors (Lipinski definition) is 4. The van der Waals surface area contributed by atoms with Gasteiger partial charge in [-0.15, -0.1) is 0 Å². The Bertz CT molecular complexity index is 143. The molecule has 12 heavy (non-hydrogen) atoms. The van der Waals surface area contributed by atoms with Crippen LogP contribution in [-0.2, 0) is 9.63 Å². The van der Waals surface area contributed by atoms with E-state index in [2.05, 4.69) is 0 Å². The highest BCUT2D eigenvalue weighted by atomic mass is 32.2. The molecule has 4 nitrogen and oxygen atoms in total. The first-order valence-corrected chi connectivity index (χ1v) is 5.09. The van der Waals surface area contributed by atoms with Gasteiger partial charge >= 0.3 is 0 Å². The monoisotopic (exact) mass is 192 g/mol. The lowest BCUT2D eigenvalue weighted by Gasteiger charge is -2.17. The van der Waals surface area contributed by atoms with E-state index in [1.165, 1.54) is 7.11 Å². The van der Waals surface area contributed by atoms with E-state index in [1.807, 2.05) is 6.26 Å². The van der Waals surface area contributed by atoms with E-state index in [9.17, 15) is 4.79 Å². The second-order valence-corrected chi connectivity index (χ2v) is 3.39. The Labute approximate surface area is 77.4 Å². The fraction of sp³-hybridized carbons (Fsp3) is 0.857. The van der Waals surface area contributed by atoms with Crippen molar-refractivity contribution in [1.82, 2.24) is 5.06 Å². The van der Waals surface area contributed by atoms with Gasteiger partial charge in [-0.1, -0.05) is 0 Å². The molecule has 0 heterocycles.